The van der Waals surface area contributed by atoms with Crippen LogP contribution in [0, 0.1) is 0 Å². The van der Waals surface area contributed by atoms with Gasteiger partial charge in [-0.3, -0.25) is 4.79 Å². The van der Waals surface area contributed by atoms with Gasteiger partial charge in [-0.15, -0.1) is 0 Å². The minimum Gasteiger partial charge on any atom is -0.480 e. The summed E-state index contributed by atoms with van der Waals surface area (Å²) in [6.45, 7) is 7.39. The van der Waals surface area contributed by atoms with E-state index in [0.717, 1.165) is 16.5 Å². The van der Waals surface area contributed by atoms with Gasteiger partial charge in [-0.05, 0) is 31.7 Å². The lowest BCUT2D eigenvalue weighted by Crippen LogP contribution is -2.41. The van der Waals surface area contributed by atoms with Crippen LogP contribution >= 0.6 is 0 Å². The number of hydrogen-bond donors (Lipinski definition) is 0. The third-order valence-corrected chi connectivity index (χ3v) is 3.74. The molecule has 0 aliphatic rings. The van der Waals surface area contributed by atoms with Crippen LogP contribution in [-0.4, -0.2) is 30.0 Å². The summed E-state index contributed by atoms with van der Waals surface area (Å²) >= 11 is 0. The van der Waals surface area contributed by atoms with Gasteiger partial charge in [-0.1, -0.05) is 43.3 Å². The first-order chi connectivity index (χ1) is 10.2. The van der Waals surface area contributed by atoms with Gasteiger partial charge in [0.05, 0.1) is 0 Å². The molecule has 3 nitrogen and oxygen atoms in total. The molecule has 2 aromatic carbocycles. The zero-order valence-corrected chi connectivity index (χ0v) is 13.0. The highest BCUT2D eigenvalue weighted by Gasteiger charge is 2.23. The molecule has 2 rings (SSSR count). The normalized spacial score (nSPS) is 12.1. The summed E-state index contributed by atoms with van der Waals surface area (Å²) in [4.78, 5) is 14.3. The fourth-order valence-corrected chi connectivity index (χ4v) is 2.50. The van der Waals surface area contributed by atoms with Crippen molar-refractivity contribution in [2.24, 2.45) is 0 Å². The standard InChI is InChI=1S/C18H23NO2/c1-4-16(18(20)19(5-2)6-3)21-17-13-9-11-14-10-7-8-12-15(14)17/h7-13,16H,4-6H2,1-3H3/t16-/m1/s1. The molecule has 0 aliphatic heterocycles. The minimum absolute atomic E-state index is 0.0652. The molecule has 0 unspecified atom stereocenters. The molecule has 0 fully saturated rings. The Bertz CT molecular complexity index is 600. The number of carbonyl (C=O) groups excluding carboxylic acids is 1. The highest BCUT2D eigenvalue weighted by molar-refractivity contribution is 5.89. The van der Waals surface area contributed by atoms with Gasteiger partial charge in [-0.25, -0.2) is 0 Å². The zero-order chi connectivity index (χ0) is 15.2. The van der Waals surface area contributed by atoms with Gasteiger partial charge < -0.3 is 9.64 Å². The van der Waals surface area contributed by atoms with Crippen LogP contribution < -0.4 is 4.74 Å². The van der Waals surface area contributed by atoms with E-state index >= 15 is 0 Å². The van der Waals surface area contributed by atoms with Gasteiger partial charge in [0.1, 0.15) is 5.75 Å². The van der Waals surface area contributed by atoms with Crippen LogP contribution in [0.25, 0.3) is 10.8 Å². The summed E-state index contributed by atoms with van der Waals surface area (Å²) in [6.07, 6.45) is 0.245. The number of fused-ring (bicyclic) bond motifs is 1. The highest BCUT2D eigenvalue weighted by Crippen LogP contribution is 2.26. The molecule has 0 aromatic heterocycles. The second kappa shape index (κ2) is 7.11. The molecule has 0 aliphatic carbocycles. The Morgan fingerprint density at radius 3 is 2.38 bits per heavy atom. The van der Waals surface area contributed by atoms with E-state index in [2.05, 4.69) is 12.1 Å². The van der Waals surface area contributed by atoms with Crippen molar-refractivity contribution in [3.05, 3.63) is 42.5 Å². The average Bonchev–Trinajstić information content (AvgIpc) is 2.53. The molecule has 0 bridgehead atoms. The van der Waals surface area contributed by atoms with Crippen LogP contribution in [0.1, 0.15) is 27.2 Å². The molecule has 1 atom stereocenters. The Labute approximate surface area is 126 Å². The van der Waals surface area contributed by atoms with E-state index in [4.69, 9.17) is 4.74 Å². The van der Waals surface area contributed by atoms with Crippen LogP contribution in [0.2, 0.25) is 0 Å². The van der Waals surface area contributed by atoms with Crippen molar-refractivity contribution in [2.45, 2.75) is 33.3 Å². The van der Waals surface area contributed by atoms with Gasteiger partial charge in [0, 0.05) is 18.5 Å². The second-order valence-electron chi connectivity index (χ2n) is 5.00. The first kappa shape index (κ1) is 15.4. The van der Waals surface area contributed by atoms with E-state index in [1.54, 1.807) is 0 Å². The molecule has 112 valence electrons. The molecule has 3 heteroatoms. The lowest BCUT2D eigenvalue weighted by Gasteiger charge is -2.25. The van der Waals surface area contributed by atoms with Crippen molar-refractivity contribution in [3.8, 4) is 5.75 Å². The fourth-order valence-electron chi connectivity index (χ4n) is 2.50. The third-order valence-electron chi connectivity index (χ3n) is 3.74. The summed E-state index contributed by atoms with van der Waals surface area (Å²) in [5.41, 5.74) is 0. The molecule has 0 N–H and O–H groups in total. The summed E-state index contributed by atoms with van der Waals surface area (Å²) in [5.74, 6) is 0.843. The number of amides is 1. The number of rotatable bonds is 6. The minimum atomic E-state index is -0.421. The molecule has 0 saturated carbocycles. The zero-order valence-electron chi connectivity index (χ0n) is 13.0. The molecular weight excluding hydrogens is 262 g/mol. The Morgan fingerprint density at radius 1 is 1.05 bits per heavy atom. The molecule has 21 heavy (non-hydrogen) atoms. The summed E-state index contributed by atoms with van der Waals surface area (Å²) in [5, 5.41) is 2.17. The molecular formula is C18H23NO2. The molecule has 0 spiro atoms. The number of hydrogen-bond acceptors (Lipinski definition) is 2. The second-order valence-corrected chi connectivity index (χ2v) is 5.00. The summed E-state index contributed by atoms with van der Waals surface area (Å²) < 4.78 is 6.03. The van der Waals surface area contributed by atoms with E-state index in [1.807, 2.05) is 56.0 Å². The van der Waals surface area contributed by atoms with Gasteiger partial charge >= 0.3 is 0 Å². The van der Waals surface area contributed by atoms with Crippen molar-refractivity contribution in [2.75, 3.05) is 13.1 Å². The summed E-state index contributed by atoms with van der Waals surface area (Å²) in [6, 6.07) is 14.0. The van der Waals surface area contributed by atoms with E-state index in [1.165, 1.54) is 0 Å². The van der Waals surface area contributed by atoms with Crippen molar-refractivity contribution in [1.82, 2.24) is 4.90 Å². The largest absolute Gasteiger partial charge is 0.480 e. The van der Waals surface area contributed by atoms with Crippen molar-refractivity contribution >= 4 is 16.7 Å². The van der Waals surface area contributed by atoms with Crippen LogP contribution in [0.15, 0.2) is 42.5 Å². The lowest BCUT2D eigenvalue weighted by molar-refractivity contribution is -0.138. The van der Waals surface area contributed by atoms with Crippen molar-refractivity contribution in [1.29, 1.82) is 0 Å². The number of likely N-dealkylation sites (N-methyl/N-ethyl adjacent to an activating group) is 1. The summed E-state index contributed by atoms with van der Waals surface area (Å²) in [7, 11) is 0. The molecule has 1 amide bonds. The van der Waals surface area contributed by atoms with E-state index in [-0.39, 0.29) is 5.91 Å². The Kier molecular flexibility index (Phi) is 5.20. The van der Waals surface area contributed by atoms with Crippen LogP contribution in [0.3, 0.4) is 0 Å². The van der Waals surface area contributed by atoms with E-state index in [0.29, 0.717) is 19.5 Å². The molecule has 0 heterocycles. The molecule has 0 saturated heterocycles. The fraction of sp³-hybridized carbons (Fsp3) is 0.389. The Morgan fingerprint density at radius 2 is 1.71 bits per heavy atom. The van der Waals surface area contributed by atoms with E-state index < -0.39 is 6.10 Å². The van der Waals surface area contributed by atoms with Crippen LogP contribution in [-0.2, 0) is 4.79 Å². The topological polar surface area (TPSA) is 29.5 Å². The van der Waals surface area contributed by atoms with Crippen molar-refractivity contribution in [3.63, 3.8) is 0 Å². The smallest absolute Gasteiger partial charge is 0.263 e. The lowest BCUT2D eigenvalue weighted by atomic mass is 10.1. The van der Waals surface area contributed by atoms with E-state index in [9.17, 15) is 4.79 Å². The highest BCUT2D eigenvalue weighted by atomic mass is 16.5. The maximum absolute atomic E-state index is 12.5. The average molecular weight is 285 g/mol. The first-order valence-corrected chi connectivity index (χ1v) is 7.64. The number of carbonyl (C=O) groups is 1. The van der Waals surface area contributed by atoms with Gasteiger partial charge in [-0.2, -0.15) is 0 Å². The van der Waals surface area contributed by atoms with Crippen LogP contribution in [0.4, 0.5) is 0 Å². The first-order valence-electron chi connectivity index (χ1n) is 7.64. The van der Waals surface area contributed by atoms with Gasteiger partial charge in [0.25, 0.3) is 5.91 Å². The Balaban J connectivity index is 2.27. The Hall–Kier alpha value is -2.03. The number of nitrogens with zero attached hydrogens (tertiary/aromatic N) is 1. The maximum Gasteiger partial charge on any atom is 0.263 e. The molecule has 2 aromatic rings. The predicted octanol–water partition coefficient (Wildman–Crippen LogP) is 3.87. The SMILES string of the molecule is CC[C@@H](Oc1cccc2ccccc12)C(=O)N(CC)CC. The quantitative estimate of drug-likeness (QED) is 0.806. The van der Waals surface area contributed by atoms with Gasteiger partial charge in [0.2, 0.25) is 0 Å². The molecule has 0 radical (unpaired) electrons. The predicted molar refractivity (Wildman–Crippen MR) is 86.6 cm³/mol. The number of benzene rings is 2. The van der Waals surface area contributed by atoms with Crippen LogP contribution in [0.5, 0.6) is 5.75 Å². The monoisotopic (exact) mass is 285 g/mol. The third kappa shape index (κ3) is 3.35. The van der Waals surface area contributed by atoms with Gasteiger partial charge in [0.15, 0.2) is 6.10 Å². The number of ether oxygens (including phenoxy) is 1. The van der Waals surface area contributed by atoms with Crippen molar-refractivity contribution < 1.29 is 9.53 Å². The maximum atomic E-state index is 12.5.